The average Bonchev–Trinajstić information content (AvgIpc) is 2.84. The molecule has 1 N–H and O–H groups in total. The third kappa shape index (κ3) is 6.49. The van der Waals surface area contributed by atoms with Gasteiger partial charge in [0.15, 0.2) is 18.1 Å². The zero-order valence-electron chi connectivity index (χ0n) is 19.1. The maximum absolute atomic E-state index is 12.8. The van der Waals surface area contributed by atoms with Gasteiger partial charge in [-0.15, -0.1) is 0 Å². The fourth-order valence-corrected chi connectivity index (χ4v) is 3.95. The van der Waals surface area contributed by atoms with E-state index in [-0.39, 0.29) is 24.3 Å². The van der Waals surface area contributed by atoms with Crippen LogP contribution >= 0.6 is 0 Å². The summed E-state index contributed by atoms with van der Waals surface area (Å²) in [5.41, 5.74) is 1.72. The Kier molecular flexibility index (Phi) is 8.96. The summed E-state index contributed by atoms with van der Waals surface area (Å²) >= 11 is 0. The molecule has 2 amide bonds. The van der Waals surface area contributed by atoms with Gasteiger partial charge in [0.1, 0.15) is 0 Å². The molecule has 1 heterocycles. The number of hydrogen-bond donors (Lipinski definition) is 1. The maximum Gasteiger partial charge on any atom is 0.260 e. The second kappa shape index (κ2) is 12.1. The summed E-state index contributed by atoms with van der Waals surface area (Å²) in [4.78, 5) is 27.0. The highest BCUT2D eigenvalue weighted by atomic mass is 16.5. The molecule has 6 nitrogen and oxygen atoms in total. The number of carbonyl (C=O) groups is 2. The topological polar surface area (TPSA) is 67.9 Å². The van der Waals surface area contributed by atoms with Crippen LogP contribution in [0.1, 0.15) is 61.4 Å². The predicted molar refractivity (Wildman–Crippen MR) is 125 cm³/mol. The molecule has 1 aliphatic rings. The molecule has 1 fully saturated rings. The van der Waals surface area contributed by atoms with Crippen LogP contribution in [0.2, 0.25) is 0 Å². The standard InChI is InChI=1S/C26H34N2O4/c1-3-20(21-11-7-5-8-12-21)18-27-26(30)22-13-14-23(24(17-22)31-4-2)32-19-25(29)28-15-9-6-10-16-28/h5,7-8,11-14,17,20H,3-4,6,9-10,15-16,18-19H2,1-2H3,(H,27,30). The Morgan fingerprint density at radius 1 is 0.969 bits per heavy atom. The molecule has 0 radical (unpaired) electrons. The van der Waals surface area contributed by atoms with E-state index in [0.717, 1.165) is 32.4 Å². The lowest BCUT2D eigenvalue weighted by molar-refractivity contribution is -0.134. The molecule has 1 saturated heterocycles. The van der Waals surface area contributed by atoms with Crippen molar-refractivity contribution in [1.82, 2.24) is 10.2 Å². The van der Waals surface area contributed by atoms with Crippen molar-refractivity contribution in [3.8, 4) is 11.5 Å². The normalized spacial score (nSPS) is 14.5. The van der Waals surface area contributed by atoms with Gasteiger partial charge in [0, 0.05) is 31.1 Å². The van der Waals surface area contributed by atoms with Crippen molar-refractivity contribution in [2.75, 3.05) is 32.8 Å². The Labute approximate surface area is 190 Å². The van der Waals surface area contributed by atoms with Crippen molar-refractivity contribution < 1.29 is 19.1 Å². The molecule has 6 heteroatoms. The zero-order chi connectivity index (χ0) is 22.8. The fourth-order valence-electron chi connectivity index (χ4n) is 3.95. The van der Waals surface area contributed by atoms with Crippen LogP contribution in [0.5, 0.6) is 11.5 Å². The number of hydrogen-bond acceptors (Lipinski definition) is 4. The Hall–Kier alpha value is -3.02. The van der Waals surface area contributed by atoms with Crippen molar-refractivity contribution >= 4 is 11.8 Å². The number of piperidine rings is 1. The molecular weight excluding hydrogens is 404 g/mol. The third-order valence-corrected chi connectivity index (χ3v) is 5.84. The largest absolute Gasteiger partial charge is 0.490 e. The molecule has 0 spiro atoms. The van der Waals surface area contributed by atoms with E-state index in [1.54, 1.807) is 18.2 Å². The lowest BCUT2D eigenvalue weighted by atomic mass is 9.96. The van der Waals surface area contributed by atoms with E-state index in [0.29, 0.717) is 30.2 Å². The lowest BCUT2D eigenvalue weighted by Crippen LogP contribution is -2.38. The van der Waals surface area contributed by atoms with Crippen LogP contribution in [0.3, 0.4) is 0 Å². The molecule has 0 aliphatic carbocycles. The van der Waals surface area contributed by atoms with E-state index in [2.05, 4.69) is 24.4 Å². The van der Waals surface area contributed by atoms with Gasteiger partial charge in [-0.05, 0) is 56.4 Å². The maximum atomic E-state index is 12.8. The molecule has 0 saturated carbocycles. The van der Waals surface area contributed by atoms with E-state index in [1.807, 2.05) is 30.0 Å². The molecule has 1 unspecified atom stereocenters. The van der Waals surface area contributed by atoms with Crippen LogP contribution in [0.4, 0.5) is 0 Å². The zero-order valence-corrected chi connectivity index (χ0v) is 19.1. The van der Waals surface area contributed by atoms with Crippen LogP contribution in [-0.4, -0.2) is 49.6 Å². The molecule has 32 heavy (non-hydrogen) atoms. The smallest absolute Gasteiger partial charge is 0.260 e. The van der Waals surface area contributed by atoms with Crippen LogP contribution < -0.4 is 14.8 Å². The number of amides is 2. The van der Waals surface area contributed by atoms with Gasteiger partial charge in [0.05, 0.1) is 6.61 Å². The second-order valence-corrected chi connectivity index (χ2v) is 8.05. The van der Waals surface area contributed by atoms with Gasteiger partial charge in [-0.3, -0.25) is 9.59 Å². The molecule has 172 valence electrons. The van der Waals surface area contributed by atoms with Crippen molar-refractivity contribution in [1.29, 1.82) is 0 Å². The number of likely N-dealkylation sites (tertiary alicyclic amines) is 1. The summed E-state index contributed by atoms with van der Waals surface area (Å²) in [6.45, 7) is 6.55. The van der Waals surface area contributed by atoms with E-state index in [9.17, 15) is 9.59 Å². The number of nitrogens with zero attached hydrogens (tertiary/aromatic N) is 1. The minimum atomic E-state index is -0.156. The van der Waals surface area contributed by atoms with Crippen LogP contribution in [-0.2, 0) is 4.79 Å². The van der Waals surface area contributed by atoms with Crippen molar-refractivity contribution in [2.45, 2.75) is 45.4 Å². The number of benzene rings is 2. The monoisotopic (exact) mass is 438 g/mol. The lowest BCUT2D eigenvalue weighted by Gasteiger charge is -2.26. The minimum Gasteiger partial charge on any atom is -0.490 e. The van der Waals surface area contributed by atoms with Gasteiger partial charge < -0.3 is 19.7 Å². The average molecular weight is 439 g/mol. The summed E-state index contributed by atoms with van der Waals surface area (Å²) in [6, 6.07) is 15.3. The number of rotatable bonds is 10. The Morgan fingerprint density at radius 2 is 1.72 bits per heavy atom. The van der Waals surface area contributed by atoms with Crippen LogP contribution in [0.15, 0.2) is 48.5 Å². The highest BCUT2D eigenvalue weighted by Crippen LogP contribution is 2.29. The van der Waals surface area contributed by atoms with Crippen molar-refractivity contribution in [3.05, 3.63) is 59.7 Å². The summed E-state index contributed by atoms with van der Waals surface area (Å²) in [5.74, 6) is 1.04. The third-order valence-electron chi connectivity index (χ3n) is 5.84. The van der Waals surface area contributed by atoms with Gasteiger partial charge >= 0.3 is 0 Å². The summed E-state index contributed by atoms with van der Waals surface area (Å²) < 4.78 is 11.5. The van der Waals surface area contributed by atoms with Gasteiger partial charge in [0.2, 0.25) is 0 Å². The number of nitrogens with one attached hydrogen (secondary N) is 1. The molecule has 2 aromatic rings. The first-order chi connectivity index (χ1) is 15.6. The van der Waals surface area contributed by atoms with E-state index in [1.165, 1.54) is 12.0 Å². The first kappa shape index (κ1) is 23.6. The summed E-state index contributed by atoms with van der Waals surface area (Å²) in [5, 5.41) is 3.03. The van der Waals surface area contributed by atoms with Crippen molar-refractivity contribution in [3.63, 3.8) is 0 Å². The van der Waals surface area contributed by atoms with Gasteiger partial charge in [-0.25, -0.2) is 0 Å². The van der Waals surface area contributed by atoms with Gasteiger partial charge in [-0.1, -0.05) is 37.3 Å². The summed E-state index contributed by atoms with van der Waals surface area (Å²) in [7, 11) is 0. The van der Waals surface area contributed by atoms with E-state index in [4.69, 9.17) is 9.47 Å². The van der Waals surface area contributed by atoms with Gasteiger partial charge in [0.25, 0.3) is 11.8 Å². The van der Waals surface area contributed by atoms with Crippen molar-refractivity contribution in [2.24, 2.45) is 0 Å². The molecule has 1 atom stereocenters. The highest BCUT2D eigenvalue weighted by molar-refractivity contribution is 5.95. The Morgan fingerprint density at radius 3 is 2.41 bits per heavy atom. The first-order valence-corrected chi connectivity index (χ1v) is 11.6. The number of ether oxygens (including phenoxy) is 2. The van der Waals surface area contributed by atoms with Crippen LogP contribution in [0.25, 0.3) is 0 Å². The van der Waals surface area contributed by atoms with Crippen LogP contribution in [0, 0.1) is 0 Å². The molecule has 0 bridgehead atoms. The fraction of sp³-hybridized carbons (Fsp3) is 0.462. The second-order valence-electron chi connectivity index (χ2n) is 8.05. The van der Waals surface area contributed by atoms with Gasteiger partial charge in [-0.2, -0.15) is 0 Å². The Balaban J connectivity index is 1.61. The SMILES string of the molecule is CCOc1cc(C(=O)NCC(CC)c2ccccc2)ccc1OCC(=O)N1CCCCC1. The minimum absolute atomic E-state index is 0.0134. The quantitative estimate of drug-likeness (QED) is 0.597. The van der Waals surface area contributed by atoms with E-state index >= 15 is 0 Å². The summed E-state index contributed by atoms with van der Waals surface area (Å²) in [6.07, 6.45) is 4.20. The molecule has 2 aromatic carbocycles. The molecular formula is C26H34N2O4. The molecule has 3 rings (SSSR count). The Bertz CT molecular complexity index is 879. The highest BCUT2D eigenvalue weighted by Gasteiger charge is 2.19. The first-order valence-electron chi connectivity index (χ1n) is 11.6. The van der Waals surface area contributed by atoms with E-state index < -0.39 is 0 Å². The molecule has 0 aromatic heterocycles. The number of carbonyl (C=O) groups excluding carboxylic acids is 2. The predicted octanol–water partition coefficient (Wildman–Crippen LogP) is 4.40. The molecule has 1 aliphatic heterocycles.